The van der Waals surface area contributed by atoms with Gasteiger partial charge in [-0.05, 0) is 47.9 Å². The summed E-state index contributed by atoms with van der Waals surface area (Å²) in [7, 11) is 1.62. The van der Waals surface area contributed by atoms with E-state index in [0.717, 1.165) is 21.3 Å². The van der Waals surface area contributed by atoms with Crippen molar-refractivity contribution >= 4 is 15.9 Å². The minimum Gasteiger partial charge on any atom is -0.497 e. The van der Waals surface area contributed by atoms with Gasteiger partial charge >= 0.3 is 0 Å². The molecule has 2 rings (SSSR count). The molecule has 0 saturated carbocycles. The maximum atomic E-state index is 13.3. The molecule has 20 heavy (non-hydrogen) atoms. The van der Waals surface area contributed by atoms with Crippen LogP contribution in [-0.4, -0.2) is 7.11 Å². The van der Waals surface area contributed by atoms with Gasteiger partial charge in [0.25, 0.3) is 0 Å². The summed E-state index contributed by atoms with van der Waals surface area (Å²) in [5.74, 6) is 6.15. The van der Waals surface area contributed by atoms with Crippen LogP contribution in [0.5, 0.6) is 5.75 Å². The van der Waals surface area contributed by atoms with Crippen molar-refractivity contribution in [1.29, 1.82) is 0 Å². The number of hydrogen-bond donors (Lipinski definition) is 2. The minimum absolute atomic E-state index is 0.0981. The molecule has 0 radical (unpaired) electrons. The van der Waals surface area contributed by atoms with Gasteiger partial charge < -0.3 is 4.74 Å². The van der Waals surface area contributed by atoms with Gasteiger partial charge in [0.1, 0.15) is 11.6 Å². The number of ether oxygens (including phenoxy) is 1. The summed E-state index contributed by atoms with van der Waals surface area (Å²) in [5.41, 5.74) is 4.65. The molecule has 1 atom stereocenters. The van der Waals surface area contributed by atoms with Gasteiger partial charge in [-0.25, -0.2) is 4.39 Å². The van der Waals surface area contributed by atoms with E-state index in [9.17, 15) is 4.39 Å². The van der Waals surface area contributed by atoms with Crippen molar-refractivity contribution in [3.05, 3.63) is 63.9 Å². The Bertz CT molecular complexity index is 575. The number of nitrogens with two attached hydrogens (primary N) is 1. The van der Waals surface area contributed by atoms with Crippen LogP contribution >= 0.6 is 15.9 Å². The molecule has 0 aliphatic carbocycles. The highest BCUT2D eigenvalue weighted by molar-refractivity contribution is 9.10. The topological polar surface area (TPSA) is 47.3 Å². The molecule has 3 N–H and O–H groups in total. The molecule has 0 spiro atoms. The van der Waals surface area contributed by atoms with E-state index in [4.69, 9.17) is 10.6 Å². The van der Waals surface area contributed by atoms with Crippen LogP contribution in [0.2, 0.25) is 0 Å². The van der Waals surface area contributed by atoms with Crippen molar-refractivity contribution < 1.29 is 9.13 Å². The third kappa shape index (κ3) is 3.56. The molecule has 2 aromatic carbocycles. The molecule has 0 bridgehead atoms. The van der Waals surface area contributed by atoms with Crippen molar-refractivity contribution in [2.75, 3.05) is 7.11 Å². The fourth-order valence-electron chi connectivity index (χ4n) is 2.03. The van der Waals surface area contributed by atoms with Gasteiger partial charge in [0.2, 0.25) is 0 Å². The number of halogens is 2. The Kier molecular flexibility index (Phi) is 5.11. The normalized spacial score (nSPS) is 12.2. The van der Waals surface area contributed by atoms with Crippen LogP contribution in [0.15, 0.2) is 46.9 Å². The van der Waals surface area contributed by atoms with Crippen molar-refractivity contribution in [2.24, 2.45) is 5.84 Å². The number of methoxy groups -OCH3 is 1. The Morgan fingerprint density at radius 1 is 1.25 bits per heavy atom. The van der Waals surface area contributed by atoms with Crippen LogP contribution < -0.4 is 16.0 Å². The smallest absolute Gasteiger partial charge is 0.123 e. The number of hydrazine groups is 1. The van der Waals surface area contributed by atoms with Gasteiger partial charge in [0, 0.05) is 4.47 Å². The number of hydrogen-bond acceptors (Lipinski definition) is 3. The van der Waals surface area contributed by atoms with Gasteiger partial charge in [-0.15, -0.1) is 0 Å². The molecule has 0 aliphatic heterocycles. The Morgan fingerprint density at radius 3 is 2.55 bits per heavy atom. The van der Waals surface area contributed by atoms with Crippen LogP contribution in [0.4, 0.5) is 4.39 Å². The Labute approximate surface area is 126 Å². The lowest BCUT2D eigenvalue weighted by Gasteiger charge is -2.17. The highest BCUT2D eigenvalue weighted by Crippen LogP contribution is 2.25. The third-order valence-electron chi connectivity index (χ3n) is 3.15. The molecule has 106 valence electrons. The van der Waals surface area contributed by atoms with Gasteiger partial charge in [-0.1, -0.05) is 28.1 Å². The maximum absolute atomic E-state index is 13.3. The first kappa shape index (κ1) is 15.0. The van der Waals surface area contributed by atoms with E-state index >= 15 is 0 Å². The predicted octanol–water partition coefficient (Wildman–Crippen LogP) is 3.34. The van der Waals surface area contributed by atoms with E-state index in [1.807, 2.05) is 24.3 Å². The van der Waals surface area contributed by atoms with E-state index in [0.29, 0.717) is 6.42 Å². The average Bonchev–Trinajstić information content (AvgIpc) is 2.48. The van der Waals surface area contributed by atoms with Crippen molar-refractivity contribution in [2.45, 2.75) is 12.5 Å². The lowest BCUT2D eigenvalue weighted by atomic mass is 9.99. The van der Waals surface area contributed by atoms with E-state index in [1.54, 1.807) is 13.2 Å². The fraction of sp³-hybridized carbons (Fsp3) is 0.200. The molecule has 0 saturated heterocycles. The Hall–Kier alpha value is -1.43. The highest BCUT2D eigenvalue weighted by Gasteiger charge is 2.13. The van der Waals surface area contributed by atoms with E-state index in [2.05, 4.69) is 21.4 Å². The maximum Gasteiger partial charge on any atom is 0.123 e. The Balaban J connectivity index is 2.21. The molecule has 0 amide bonds. The van der Waals surface area contributed by atoms with Crippen LogP contribution in [0, 0.1) is 5.82 Å². The van der Waals surface area contributed by atoms with Crippen LogP contribution in [0.3, 0.4) is 0 Å². The molecule has 0 heterocycles. The zero-order valence-electron chi connectivity index (χ0n) is 11.1. The molecule has 5 heteroatoms. The number of benzene rings is 2. The minimum atomic E-state index is -0.256. The standard InChI is InChI=1S/C15H16BrFN2O/c1-20-13-5-2-10(3-6-13)15(19-18)9-11-8-12(17)4-7-14(11)16/h2-8,15,19H,9,18H2,1H3. The zero-order valence-corrected chi connectivity index (χ0v) is 12.7. The molecule has 3 nitrogen and oxygen atoms in total. The molecule has 0 aliphatic rings. The summed E-state index contributed by atoms with van der Waals surface area (Å²) in [6, 6.07) is 12.2. The molecular weight excluding hydrogens is 323 g/mol. The second-order valence-corrected chi connectivity index (χ2v) is 5.29. The van der Waals surface area contributed by atoms with Crippen LogP contribution in [-0.2, 0) is 6.42 Å². The first-order valence-corrected chi connectivity index (χ1v) is 6.97. The third-order valence-corrected chi connectivity index (χ3v) is 3.92. The monoisotopic (exact) mass is 338 g/mol. The summed E-state index contributed by atoms with van der Waals surface area (Å²) in [4.78, 5) is 0. The number of nitrogens with one attached hydrogen (secondary N) is 1. The zero-order chi connectivity index (χ0) is 14.5. The molecule has 2 aromatic rings. The van der Waals surface area contributed by atoms with Crippen molar-refractivity contribution in [1.82, 2.24) is 5.43 Å². The highest BCUT2D eigenvalue weighted by atomic mass is 79.9. The van der Waals surface area contributed by atoms with Gasteiger partial charge in [0.15, 0.2) is 0 Å². The van der Waals surface area contributed by atoms with E-state index < -0.39 is 0 Å². The van der Waals surface area contributed by atoms with E-state index in [1.165, 1.54) is 12.1 Å². The average molecular weight is 339 g/mol. The van der Waals surface area contributed by atoms with Crippen LogP contribution in [0.1, 0.15) is 17.2 Å². The molecular formula is C15H16BrFN2O. The summed E-state index contributed by atoms with van der Waals surface area (Å²) >= 11 is 3.43. The lowest BCUT2D eigenvalue weighted by Crippen LogP contribution is -2.29. The Morgan fingerprint density at radius 2 is 1.95 bits per heavy atom. The van der Waals surface area contributed by atoms with Gasteiger partial charge in [0.05, 0.1) is 13.2 Å². The quantitative estimate of drug-likeness (QED) is 0.649. The summed E-state index contributed by atoms with van der Waals surface area (Å²) in [6.45, 7) is 0. The van der Waals surface area contributed by atoms with Gasteiger partial charge in [-0.2, -0.15) is 0 Å². The molecule has 1 unspecified atom stereocenters. The predicted molar refractivity (Wildman–Crippen MR) is 80.9 cm³/mol. The summed E-state index contributed by atoms with van der Waals surface area (Å²) < 4.78 is 19.3. The first-order chi connectivity index (χ1) is 9.63. The van der Waals surface area contributed by atoms with Gasteiger partial charge in [-0.3, -0.25) is 11.3 Å². The second kappa shape index (κ2) is 6.83. The lowest BCUT2D eigenvalue weighted by molar-refractivity contribution is 0.414. The SMILES string of the molecule is COc1ccc(C(Cc2cc(F)ccc2Br)NN)cc1. The number of rotatable bonds is 5. The second-order valence-electron chi connectivity index (χ2n) is 4.43. The summed E-state index contributed by atoms with van der Waals surface area (Å²) in [6.07, 6.45) is 0.584. The molecule has 0 fully saturated rings. The molecule has 0 aromatic heterocycles. The van der Waals surface area contributed by atoms with Crippen LogP contribution in [0.25, 0.3) is 0 Å². The summed E-state index contributed by atoms with van der Waals surface area (Å²) in [5, 5.41) is 0. The van der Waals surface area contributed by atoms with E-state index in [-0.39, 0.29) is 11.9 Å². The fourth-order valence-corrected chi connectivity index (χ4v) is 2.44. The van der Waals surface area contributed by atoms with Crippen molar-refractivity contribution in [3.8, 4) is 5.75 Å². The van der Waals surface area contributed by atoms with Crippen molar-refractivity contribution in [3.63, 3.8) is 0 Å². The first-order valence-electron chi connectivity index (χ1n) is 6.18. The largest absolute Gasteiger partial charge is 0.497 e.